The van der Waals surface area contributed by atoms with E-state index in [-0.39, 0.29) is 0 Å². The molecule has 0 amide bonds. The zero-order valence-electron chi connectivity index (χ0n) is 18.2. The Kier molecular flexibility index (Phi) is 7.12. The van der Waals surface area contributed by atoms with Crippen LogP contribution in [0, 0.1) is 0 Å². The van der Waals surface area contributed by atoms with Crippen molar-refractivity contribution >= 4 is 0 Å². The van der Waals surface area contributed by atoms with Crippen LogP contribution in [0.2, 0.25) is 0 Å². The molecule has 0 aliphatic carbocycles. The molecule has 0 saturated carbocycles. The number of benzene rings is 3. The predicted octanol–water partition coefficient (Wildman–Crippen LogP) is 3.99. The number of ether oxygens (including phenoxy) is 5. The lowest BCUT2D eigenvalue weighted by atomic mass is 9.97. The Morgan fingerprint density at radius 1 is 0.727 bits per heavy atom. The van der Waals surface area contributed by atoms with Crippen LogP contribution in [0.25, 0.3) is 0 Å². The fraction of sp³-hybridized carbons (Fsp3) is 0.333. The molecular formula is C27H28O6. The molecule has 6 nitrogen and oxygen atoms in total. The second kappa shape index (κ2) is 10.6. The van der Waals surface area contributed by atoms with E-state index in [9.17, 15) is 5.11 Å². The average Bonchev–Trinajstić information content (AvgIpc) is 2.88. The van der Waals surface area contributed by atoms with Crippen molar-refractivity contribution < 1.29 is 28.8 Å². The highest BCUT2D eigenvalue weighted by molar-refractivity contribution is 5.17. The fourth-order valence-corrected chi connectivity index (χ4v) is 4.19. The van der Waals surface area contributed by atoms with Crippen molar-refractivity contribution in [3.63, 3.8) is 0 Å². The van der Waals surface area contributed by atoms with Gasteiger partial charge in [-0.3, -0.25) is 0 Å². The summed E-state index contributed by atoms with van der Waals surface area (Å²) in [6.45, 7) is 0.977. The van der Waals surface area contributed by atoms with Crippen molar-refractivity contribution in [3.8, 4) is 0 Å². The third kappa shape index (κ3) is 5.33. The van der Waals surface area contributed by atoms with Gasteiger partial charge in [-0.1, -0.05) is 91.0 Å². The molecule has 0 unspecified atom stereocenters. The maximum atomic E-state index is 11.2. The van der Waals surface area contributed by atoms with Crippen LogP contribution in [0.3, 0.4) is 0 Å². The van der Waals surface area contributed by atoms with E-state index in [1.165, 1.54) is 0 Å². The number of aliphatic hydroxyl groups is 1. The fourth-order valence-electron chi connectivity index (χ4n) is 4.19. The number of aliphatic hydroxyl groups excluding tert-OH is 1. The van der Waals surface area contributed by atoms with E-state index in [2.05, 4.69) is 0 Å². The molecule has 0 spiro atoms. The lowest BCUT2D eigenvalue weighted by Gasteiger charge is -2.47. The zero-order chi connectivity index (χ0) is 22.5. The normalized spacial score (nSPS) is 29.4. The molecule has 172 valence electrons. The Bertz CT molecular complexity index is 983. The molecule has 0 aromatic heterocycles. The van der Waals surface area contributed by atoms with Crippen molar-refractivity contribution in [1.29, 1.82) is 0 Å². The minimum atomic E-state index is -1.02. The van der Waals surface area contributed by atoms with E-state index < -0.39 is 37.0 Å². The Balaban J connectivity index is 1.32. The summed E-state index contributed by atoms with van der Waals surface area (Å²) in [6, 6.07) is 29.4. The van der Waals surface area contributed by atoms with E-state index >= 15 is 0 Å². The van der Waals surface area contributed by atoms with Crippen LogP contribution in [-0.4, -0.2) is 42.4 Å². The Morgan fingerprint density at radius 2 is 1.30 bits per heavy atom. The topological polar surface area (TPSA) is 66.4 Å². The highest BCUT2D eigenvalue weighted by atomic mass is 16.8. The Hall–Kier alpha value is -2.58. The summed E-state index contributed by atoms with van der Waals surface area (Å²) in [5.41, 5.74) is 2.92. The van der Waals surface area contributed by atoms with Gasteiger partial charge in [0.2, 0.25) is 0 Å². The first-order chi connectivity index (χ1) is 16.3. The van der Waals surface area contributed by atoms with E-state index in [4.69, 9.17) is 23.7 Å². The number of hydrogen-bond donors (Lipinski definition) is 1. The SMILES string of the molecule is O[C@@H]1[C@@H](OCc2ccccc2)O[C@H]2CO[C@@H](c3ccccc3)O[C@H]2[C@@H]1OCc1ccccc1. The summed E-state index contributed by atoms with van der Waals surface area (Å²) >= 11 is 0. The van der Waals surface area contributed by atoms with Crippen LogP contribution in [0.1, 0.15) is 23.0 Å². The first-order valence-corrected chi connectivity index (χ1v) is 11.2. The molecule has 2 heterocycles. The molecular weight excluding hydrogens is 420 g/mol. The Labute approximate surface area is 193 Å². The largest absolute Gasteiger partial charge is 0.385 e. The molecule has 2 saturated heterocycles. The summed E-state index contributed by atoms with van der Waals surface area (Å²) in [4.78, 5) is 0. The first kappa shape index (κ1) is 22.2. The van der Waals surface area contributed by atoms with Crippen molar-refractivity contribution in [1.82, 2.24) is 0 Å². The van der Waals surface area contributed by atoms with Gasteiger partial charge < -0.3 is 28.8 Å². The van der Waals surface area contributed by atoms with E-state index in [1.807, 2.05) is 91.0 Å². The lowest BCUT2D eigenvalue weighted by Crippen LogP contribution is -2.62. The van der Waals surface area contributed by atoms with E-state index in [0.717, 1.165) is 16.7 Å². The van der Waals surface area contributed by atoms with Crippen LogP contribution in [-0.2, 0) is 36.9 Å². The monoisotopic (exact) mass is 448 g/mol. The summed E-state index contributed by atoms with van der Waals surface area (Å²) in [6.07, 6.45) is -3.98. The van der Waals surface area contributed by atoms with Crippen molar-refractivity contribution in [2.75, 3.05) is 6.61 Å². The van der Waals surface area contributed by atoms with Gasteiger partial charge in [0.1, 0.15) is 24.4 Å². The molecule has 0 radical (unpaired) electrons. The van der Waals surface area contributed by atoms with Crippen molar-refractivity contribution in [2.45, 2.75) is 50.2 Å². The highest BCUT2D eigenvalue weighted by Crippen LogP contribution is 2.36. The lowest BCUT2D eigenvalue weighted by molar-refractivity contribution is -0.368. The molecule has 6 atom stereocenters. The predicted molar refractivity (Wildman–Crippen MR) is 121 cm³/mol. The highest BCUT2D eigenvalue weighted by Gasteiger charge is 2.50. The van der Waals surface area contributed by atoms with Gasteiger partial charge in [0.05, 0.1) is 19.8 Å². The quantitative estimate of drug-likeness (QED) is 0.590. The van der Waals surface area contributed by atoms with Gasteiger partial charge in [-0.25, -0.2) is 0 Å². The molecule has 3 aromatic carbocycles. The minimum absolute atomic E-state index is 0.313. The van der Waals surface area contributed by atoms with Gasteiger partial charge in [0.15, 0.2) is 12.6 Å². The molecule has 2 aliphatic rings. The van der Waals surface area contributed by atoms with Gasteiger partial charge in [0, 0.05) is 5.56 Å². The number of fused-ring (bicyclic) bond motifs is 1. The Morgan fingerprint density at radius 3 is 1.94 bits per heavy atom. The summed E-state index contributed by atoms with van der Waals surface area (Å²) in [5.74, 6) is 0. The minimum Gasteiger partial charge on any atom is -0.385 e. The van der Waals surface area contributed by atoms with Crippen LogP contribution in [0.15, 0.2) is 91.0 Å². The third-order valence-corrected chi connectivity index (χ3v) is 5.92. The van der Waals surface area contributed by atoms with Crippen LogP contribution < -0.4 is 0 Å². The molecule has 2 aliphatic heterocycles. The number of hydrogen-bond acceptors (Lipinski definition) is 6. The van der Waals surface area contributed by atoms with Crippen LogP contribution in [0.5, 0.6) is 0 Å². The van der Waals surface area contributed by atoms with Gasteiger partial charge >= 0.3 is 0 Å². The molecule has 0 bridgehead atoms. The average molecular weight is 449 g/mol. The molecule has 3 aromatic rings. The maximum absolute atomic E-state index is 11.2. The van der Waals surface area contributed by atoms with Crippen molar-refractivity contribution in [3.05, 3.63) is 108 Å². The van der Waals surface area contributed by atoms with E-state index in [1.54, 1.807) is 0 Å². The van der Waals surface area contributed by atoms with Crippen molar-refractivity contribution in [2.24, 2.45) is 0 Å². The van der Waals surface area contributed by atoms with Crippen LogP contribution in [0.4, 0.5) is 0 Å². The van der Waals surface area contributed by atoms with E-state index in [0.29, 0.717) is 19.8 Å². The summed E-state index contributed by atoms with van der Waals surface area (Å²) in [7, 11) is 0. The summed E-state index contributed by atoms with van der Waals surface area (Å²) < 4.78 is 30.5. The van der Waals surface area contributed by atoms with Gasteiger partial charge in [-0.15, -0.1) is 0 Å². The number of rotatable bonds is 7. The first-order valence-electron chi connectivity index (χ1n) is 11.2. The van der Waals surface area contributed by atoms with Gasteiger partial charge in [0.25, 0.3) is 0 Å². The smallest absolute Gasteiger partial charge is 0.187 e. The molecule has 2 fully saturated rings. The second-order valence-electron chi connectivity index (χ2n) is 8.27. The molecule has 5 rings (SSSR count). The molecule has 1 N–H and O–H groups in total. The second-order valence-corrected chi connectivity index (χ2v) is 8.27. The zero-order valence-corrected chi connectivity index (χ0v) is 18.2. The summed E-state index contributed by atoms with van der Waals surface area (Å²) in [5, 5.41) is 11.2. The molecule has 33 heavy (non-hydrogen) atoms. The third-order valence-electron chi connectivity index (χ3n) is 5.92. The van der Waals surface area contributed by atoms with Gasteiger partial charge in [-0.05, 0) is 11.1 Å². The standard InChI is InChI=1S/C27H28O6/c28-23-25(29-16-19-10-4-1-5-11-19)24-22(18-31-26(33-24)21-14-8-3-9-15-21)32-27(23)30-17-20-12-6-2-7-13-20/h1-15,22-28H,16-18H2/t22-,23-,24+,25+,26+,27-/m0/s1. The maximum Gasteiger partial charge on any atom is 0.187 e. The molecule has 6 heteroatoms. The van der Waals surface area contributed by atoms with Gasteiger partial charge in [-0.2, -0.15) is 0 Å². The van der Waals surface area contributed by atoms with Crippen LogP contribution >= 0.6 is 0 Å².